The van der Waals surface area contributed by atoms with E-state index in [2.05, 4.69) is 10.00 Å². The van der Waals surface area contributed by atoms with Crippen LogP contribution in [0.2, 0.25) is 0 Å². The van der Waals surface area contributed by atoms with Gasteiger partial charge in [-0.15, -0.1) is 0 Å². The number of ether oxygens (including phenoxy) is 1. The van der Waals surface area contributed by atoms with E-state index in [0.717, 1.165) is 30.0 Å². The molecule has 0 radical (unpaired) electrons. The molecule has 2 aromatic rings. The van der Waals surface area contributed by atoms with E-state index < -0.39 is 0 Å². The van der Waals surface area contributed by atoms with Crippen LogP contribution in [0.25, 0.3) is 0 Å². The second kappa shape index (κ2) is 6.85. The van der Waals surface area contributed by atoms with Crippen LogP contribution in [0.4, 0.5) is 5.69 Å². The molecule has 1 fully saturated rings. The highest BCUT2D eigenvalue weighted by Crippen LogP contribution is 2.25. The molecule has 1 amide bonds. The quantitative estimate of drug-likeness (QED) is 0.896. The summed E-state index contributed by atoms with van der Waals surface area (Å²) in [6.07, 6.45) is 0. The molecule has 4 rings (SSSR count). The summed E-state index contributed by atoms with van der Waals surface area (Å²) in [6, 6.07) is 9.66. The van der Waals surface area contributed by atoms with Crippen LogP contribution in [0.5, 0.6) is 0 Å². The Bertz CT molecular complexity index is 767. The van der Waals surface area contributed by atoms with Gasteiger partial charge in [0.15, 0.2) is 0 Å². The number of carbonyl (C=O) groups is 1. The van der Waals surface area contributed by atoms with Crippen molar-refractivity contribution < 1.29 is 14.6 Å². The van der Waals surface area contributed by atoms with Crippen LogP contribution in [-0.2, 0) is 24.4 Å². The van der Waals surface area contributed by atoms with E-state index in [0.29, 0.717) is 38.5 Å². The van der Waals surface area contributed by atoms with E-state index in [1.54, 1.807) is 0 Å². The number of fused-ring (bicyclic) bond motifs is 1. The summed E-state index contributed by atoms with van der Waals surface area (Å²) in [7, 11) is 0. The molecule has 1 N–H and O–H groups in total. The Morgan fingerprint density at radius 3 is 2.76 bits per heavy atom. The molecule has 1 aromatic carbocycles. The second-order valence-electron chi connectivity index (χ2n) is 6.35. The van der Waals surface area contributed by atoms with Crippen molar-refractivity contribution in [1.29, 1.82) is 0 Å². The molecule has 0 bridgehead atoms. The van der Waals surface area contributed by atoms with Gasteiger partial charge in [-0.1, -0.05) is 12.1 Å². The van der Waals surface area contributed by atoms with E-state index in [9.17, 15) is 9.90 Å². The molecule has 1 saturated heterocycles. The molecular formula is C18H22N4O3. The van der Waals surface area contributed by atoms with Gasteiger partial charge in [-0.2, -0.15) is 5.10 Å². The van der Waals surface area contributed by atoms with Gasteiger partial charge in [0.2, 0.25) is 0 Å². The van der Waals surface area contributed by atoms with E-state index >= 15 is 0 Å². The van der Waals surface area contributed by atoms with Gasteiger partial charge in [-0.25, -0.2) is 0 Å². The van der Waals surface area contributed by atoms with Crippen molar-refractivity contribution in [3.05, 3.63) is 47.3 Å². The molecule has 0 saturated carbocycles. The Balaban J connectivity index is 1.57. The first kappa shape index (κ1) is 16.1. The number of hydrogen-bond donors (Lipinski definition) is 1. The molecule has 0 unspecified atom stereocenters. The number of morpholine rings is 1. The van der Waals surface area contributed by atoms with Crippen molar-refractivity contribution in [3.8, 4) is 0 Å². The molecule has 0 atom stereocenters. The van der Waals surface area contributed by atoms with Gasteiger partial charge in [0.1, 0.15) is 0 Å². The highest BCUT2D eigenvalue weighted by Gasteiger charge is 2.26. The van der Waals surface area contributed by atoms with E-state index in [1.165, 1.54) is 0 Å². The SMILES string of the molecule is O=C(c1ccccc1N1CCOCC1)N1CCn2nc(CO)cc2C1. The molecule has 0 spiro atoms. The number of aromatic nitrogens is 2. The largest absolute Gasteiger partial charge is 0.390 e. The third-order valence-corrected chi connectivity index (χ3v) is 4.78. The maximum absolute atomic E-state index is 13.1. The Morgan fingerprint density at radius 1 is 1.16 bits per heavy atom. The topological polar surface area (TPSA) is 70.8 Å². The maximum atomic E-state index is 13.1. The predicted molar refractivity (Wildman–Crippen MR) is 92.4 cm³/mol. The van der Waals surface area contributed by atoms with Crippen LogP contribution in [0.1, 0.15) is 21.7 Å². The number of hydrogen-bond acceptors (Lipinski definition) is 5. The lowest BCUT2D eigenvalue weighted by Gasteiger charge is -2.32. The Labute approximate surface area is 146 Å². The monoisotopic (exact) mass is 342 g/mol. The van der Waals surface area contributed by atoms with E-state index in [-0.39, 0.29) is 12.5 Å². The van der Waals surface area contributed by atoms with Crippen LogP contribution in [0, 0.1) is 0 Å². The third-order valence-electron chi connectivity index (χ3n) is 4.78. The number of amides is 1. The van der Waals surface area contributed by atoms with Crippen LogP contribution in [0.15, 0.2) is 30.3 Å². The van der Waals surface area contributed by atoms with Crippen LogP contribution in [0.3, 0.4) is 0 Å². The molecule has 2 aliphatic rings. The minimum Gasteiger partial charge on any atom is -0.390 e. The average molecular weight is 342 g/mol. The van der Waals surface area contributed by atoms with Crippen molar-refractivity contribution in [2.75, 3.05) is 37.7 Å². The summed E-state index contributed by atoms with van der Waals surface area (Å²) in [5.41, 5.74) is 3.33. The van der Waals surface area contributed by atoms with Gasteiger partial charge in [0, 0.05) is 25.3 Å². The molecule has 0 aliphatic carbocycles. The standard InChI is InChI=1S/C18H22N4O3/c23-13-14-11-15-12-21(5-6-22(15)19-14)18(24)16-3-1-2-4-17(16)20-7-9-25-10-8-20/h1-4,11,23H,5-10,12-13H2. The van der Waals surface area contributed by atoms with Gasteiger partial charge in [0.25, 0.3) is 5.91 Å². The number of benzene rings is 1. The van der Waals surface area contributed by atoms with Crippen molar-refractivity contribution in [2.24, 2.45) is 0 Å². The molecular weight excluding hydrogens is 320 g/mol. The molecule has 3 heterocycles. The highest BCUT2D eigenvalue weighted by atomic mass is 16.5. The summed E-state index contributed by atoms with van der Waals surface area (Å²) >= 11 is 0. The Morgan fingerprint density at radius 2 is 1.96 bits per heavy atom. The zero-order chi connectivity index (χ0) is 17.2. The first-order valence-corrected chi connectivity index (χ1v) is 8.64. The predicted octanol–water partition coefficient (Wildman–Crippen LogP) is 0.868. The normalized spacial score (nSPS) is 17.5. The molecule has 25 heavy (non-hydrogen) atoms. The van der Waals surface area contributed by atoms with Gasteiger partial charge in [-0.3, -0.25) is 9.48 Å². The molecule has 1 aromatic heterocycles. The molecule has 7 heteroatoms. The van der Waals surface area contributed by atoms with Gasteiger partial charge < -0.3 is 19.6 Å². The summed E-state index contributed by atoms with van der Waals surface area (Å²) in [4.78, 5) is 17.2. The minimum absolute atomic E-state index is 0.0418. The number of aliphatic hydroxyl groups is 1. The lowest BCUT2D eigenvalue weighted by molar-refractivity contribution is 0.0705. The fraction of sp³-hybridized carbons (Fsp3) is 0.444. The van der Waals surface area contributed by atoms with E-state index in [1.807, 2.05) is 39.9 Å². The Hall–Kier alpha value is -2.38. The first-order chi connectivity index (χ1) is 12.3. The van der Waals surface area contributed by atoms with Crippen molar-refractivity contribution >= 4 is 11.6 Å². The third kappa shape index (κ3) is 3.12. The number of carbonyl (C=O) groups excluding carboxylic acids is 1. The number of para-hydroxylation sites is 1. The summed E-state index contributed by atoms with van der Waals surface area (Å²) in [5, 5.41) is 13.6. The first-order valence-electron chi connectivity index (χ1n) is 8.64. The molecule has 7 nitrogen and oxygen atoms in total. The zero-order valence-electron chi connectivity index (χ0n) is 14.1. The van der Waals surface area contributed by atoms with E-state index in [4.69, 9.17) is 4.74 Å². The number of aliphatic hydroxyl groups excluding tert-OH is 1. The Kier molecular flexibility index (Phi) is 4.42. The fourth-order valence-electron chi connectivity index (χ4n) is 3.48. The zero-order valence-corrected chi connectivity index (χ0v) is 14.1. The number of nitrogens with zero attached hydrogens (tertiary/aromatic N) is 4. The van der Waals surface area contributed by atoms with Crippen molar-refractivity contribution in [1.82, 2.24) is 14.7 Å². The maximum Gasteiger partial charge on any atom is 0.256 e. The highest BCUT2D eigenvalue weighted by molar-refractivity contribution is 5.99. The van der Waals surface area contributed by atoms with Crippen molar-refractivity contribution in [2.45, 2.75) is 19.7 Å². The summed E-state index contributed by atoms with van der Waals surface area (Å²) < 4.78 is 7.30. The van der Waals surface area contributed by atoms with Gasteiger partial charge in [0.05, 0.1) is 49.9 Å². The average Bonchev–Trinajstić information content (AvgIpc) is 3.10. The number of anilines is 1. The van der Waals surface area contributed by atoms with Gasteiger partial charge in [-0.05, 0) is 18.2 Å². The lowest BCUT2D eigenvalue weighted by atomic mass is 10.1. The summed E-state index contributed by atoms with van der Waals surface area (Å²) in [5.74, 6) is 0.0418. The fourth-order valence-corrected chi connectivity index (χ4v) is 3.48. The van der Waals surface area contributed by atoms with Crippen LogP contribution < -0.4 is 4.90 Å². The lowest BCUT2D eigenvalue weighted by Crippen LogP contribution is -2.41. The summed E-state index contributed by atoms with van der Waals surface area (Å²) in [6.45, 7) is 4.70. The minimum atomic E-state index is -0.0756. The smallest absolute Gasteiger partial charge is 0.256 e. The van der Waals surface area contributed by atoms with Crippen LogP contribution in [-0.4, -0.2) is 58.5 Å². The molecule has 132 valence electrons. The van der Waals surface area contributed by atoms with Crippen molar-refractivity contribution in [3.63, 3.8) is 0 Å². The second-order valence-corrected chi connectivity index (χ2v) is 6.35. The van der Waals surface area contributed by atoms with Crippen LogP contribution >= 0.6 is 0 Å². The van der Waals surface area contributed by atoms with Gasteiger partial charge >= 0.3 is 0 Å². The molecule has 2 aliphatic heterocycles. The number of rotatable bonds is 3.